The van der Waals surface area contributed by atoms with E-state index in [1.807, 2.05) is 6.07 Å². The van der Waals surface area contributed by atoms with Crippen LogP contribution in [-0.4, -0.2) is 4.57 Å². The van der Waals surface area contributed by atoms with E-state index in [0.29, 0.717) is 0 Å². The average Bonchev–Trinajstić information content (AvgIpc) is 3.96. The predicted molar refractivity (Wildman–Crippen MR) is 282 cm³/mol. The maximum absolute atomic E-state index is 6.60. The zero-order valence-corrected chi connectivity index (χ0v) is 36.6. The van der Waals surface area contributed by atoms with Gasteiger partial charge < -0.3 is 13.9 Å². The molecule has 3 heteroatoms. The van der Waals surface area contributed by atoms with Gasteiger partial charge >= 0.3 is 0 Å². The highest BCUT2D eigenvalue weighted by atomic mass is 16.3. The van der Waals surface area contributed by atoms with Crippen LogP contribution in [0.4, 0.5) is 17.1 Å². The van der Waals surface area contributed by atoms with Crippen molar-refractivity contribution in [3.8, 4) is 50.2 Å². The fourth-order valence-electron chi connectivity index (χ4n) is 10.4. The minimum absolute atomic E-state index is 0.890. The molecule has 13 rings (SSSR count). The molecule has 0 aliphatic heterocycles. The van der Waals surface area contributed by atoms with Crippen LogP contribution in [0.15, 0.2) is 259 Å². The number of para-hydroxylation sites is 6. The van der Waals surface area contributed by atoms with Crippen molar-refractivity contribution in [2.24, 2.45) is 0 Å². The van der Waals surface area contributed by atoms with Gasteiger partial charge in [0.1, 0.15) is 11.2 Å². The molecule has 0 N–H and O–H groups in total. The molecule has 2 aromatic heterocycles. The van der Waals surface area contributed by atoms with Crippen LogP contribution in [0.5, 0.6) is 0 Å². The molecule has 0 fully saturated rings. The molecule has 3 nitrogen and oxygen atoms in total. The Kier molecular flexibility index (Phi) is 9.17. The molecule has 0 spiro atoms. The molecular weight excluding hydrogens is 813 g/mol. The van der Waals surface area contributed by atoms with E-state index in [1.54, 1.807) is 0 Å². The van der Waals surface area contributed by atoms with Gasteiger partial charge in [0.15, 0.2) is 0 Å². The molecule has 0 saturated carbocycles. The van der Waals surface area contributed by atoms with Gasteiger partial charge in [0.05, 0.1) is 16.7 Å². The maximum Gasteiger partial charge on any atom is 0.143 e. The van der Waals surface area contributed by atoms with Crippen molar-refractivity contribution in [2.75, 3.05) is 4.90 Å². The van der Waals surface area contributed by atoms with Gasteiger partial charge in [-0.25, -0.2) is 0 Å². The largest absolute Gasteiger partial charge is 0.455 e. The van der Waals surface area contributed by atoms with Crippen LogP contribution in [0, 0.1) is 0 Å². The standard InChI is InChI=1S/C64H42N2O/c1-3-18-43(19-4-1)50-29-14-20-45-21-15-32-56(62(45)50)53-26-7-10-35-59(53)65(49-25-13-22-46(42-49)52-31-17-34-58-55-28-9-12-37-61(55)67-64(52)58)48-40-38-44(39-41-48)51-30-16-33-57-54-27-8-11-36-60(54)66(63(51)57)47-23-5-2-6-24-47/h1-42H. The van der Waals surface area contributed by atoms with E-state index in [0.717, 1.165) is 66.9 Å². The molecule has 11 aromatic carbocycles. The lowest BCUT2D eigenvalue weighted by Gasteiger charge is -2.29. The zero-order valence-electron chi connectivity index (χ0n) is 36.6. The molecule has 0 amide bonds. The third-order valence-electron chi connectivity index (χ3n) is 13.4. The molecule has 314 valence electrons. The Morgan fingerprint density at radius 2 is 0.925 bits per heavy atom. The third kappa shape index (κ3) is 6.43. The molecule has 0 aliphatic carbocycles. The SMILES string of the molecule is c1ccc(-c2cccc3cccc(-c4ccccc4N(c4ccc(-c5cccc6c7ccccc7n(-c7ccccc7)c56)cc4)c4cccc(-c5cccc6c5oc5ccccc56)c4)c23)cc1. The van der Waals surface area contributed by atoms with Crippen molar-refractivity contribution >= 4 is 71.6 Å². The second-order valence-electron chi connectivity index (χ2n) is 17.2. The van der Waals surface area contributed by atoms with Crippen molar-refractivity contribution in [2.45, 2.75) is 0 Å². The first-order valence-electron chi connectivity index (χ1n) is 22.9. The molecule has 0 saturated heterocycles. The summed E-state index contributed by atoms with van der Waals surface area (Å²) in [6.45, 7) is 0. The van der Waals surface area contributed by atoms with Crippen molar-refractivity contribution < 1.29 is 4.42 Å². The summed E-state index contributed by atoms with van der Waals surface area (Å²) in [5, 5.41) is 7.14. The van der Waals surface area contributed by atoms with Gasteiger partial charge in [0.2, 0.25) is 0 Å². The monoisotopic (exact) mass is 854 g/mol. The Bertz CT molecular complexity index is 3970. The molecule has 67 heavy (non-hydrogen) atoms. The van der Waals surface area contributed by atoms with Crippen LogP contribution in [0.2, 0.25) is 0 Å². The molecule has 0 atom stereocenters. The fourth-order valence-corrected chi connectivity index (χ4v) is 10.4. The Morgan fingerprint density at radius 3 is 1.76 bits per heavy atom. The van der Waals surface area contributed by atoms with Crippen molar-refractivity contribution in [1.29, 1.82) is 0 Å². The quantitative estimate of drug-likeness (QED) is 0.152. The smallest absolute Gasteiger partial charge is 0.143 e. The minimum Gasteiger partial charge on any atom is -0.455 e. The van der Waals surface area contributed by atoms with Crippen LogP contribution < -0.4 is 4.90 Å². The van der Waals surface area contributed by atoms with Crippen LogP contribution in [-0.2, 0) is 0 Å². The third-order valence-corrected chi connectivity index (χ3v) is 13.4. The van der Waals surface area contributed by atoms with Gasteiger partial charge in [0.25, 0.3) is 0 Å². The Hall–Kier alpha value is -8.92. The first-order valence-corrected chi connectivity index (χ1v) is 22.9. The number of fused-ring (bicyclic) bond motifs is 7. The van der Waals surface area contributed by atoms with Gasteiger partial charge in [0, 0.05) is 55.3 Å². The average molecular weight is 855 g/mol. The van der Waals surface area contributed by atoms with Crippen LogP contribution >= 0.6 is 0 Å². The molecule has 0 bridgehead atoms. The fraction of sp³-hybridized carbons (Fsp3) is 0. The number of hydrogen-bond acceptors (Lipinski definition) is 2. The molecule has 0 aliphatic rings. The summed E-state index contributed by atoms with van der Waals surface area (Å²) in [4.78, 5) is 2.42. The zero-order chi connectivity index (χ0) is 44.3. The van der Waals surface area contributed by atoms with Crippen molar-refractivity contribution in [3.05, 3.63) is 255 Å². The van der Waals surface area contributed by atoms with Crippen LogP contribution in [0.3, 0.4) is 0 Å². The van der Waals surface area contributed by atoms with Crippen LogP contribution in [0.1, 0.15) is 0 Å². The van der Waals surface area contributed by atoms with Crippen molar-refractivity contribution in [1.82, 2.24) is 4.57 Å². The molecule has 0 radical (unpaired) electrons. The van der Waals surface area contributed by atoms with E-state index in [9.17, 15) is 0 Å². The van der Waals surface area contributed by atoms with E-state index >= 15 is 0 Å². The number of furan rings is 1. The molecule has 0 unspecified atom stereocenters. The van der Waals surface area contributed by atoms with E-state index in [2.05, 4.69) is 258 Å². The molecule has 13 aromatic rings. The summed E-state index contributed by atoms with van der Waals surface area (Å²) in [6, 6.07) is 91.9. The highest BCUT2D eigenvalue weighted by molar-refractivity contribution is 6.14. The molecule has 2 heterocycles. The normalized spacial score (nSPS) is 11.6. The number of benzene rings is 11. The Labute approximate surface area is 388 Å². The highest BCUT2D eigenvalue weighted by Crippen LogP contribution is 2.47. The Balaban J connectivity index is 1.02. The Morgan fingerprint density at radius 1 is 0.343 bits per heavy atom. The maximum atomic E-state index is 6.60. The summed E-state index contributed by atoms with van der Waals surface area (Å²) in [5.74, 6) is 0. The minimum atomic E-state index is 0.890. The van der Waals surface area contributed by atoms with E-state index in [4.69, 9.17) is 4.42 Å². The highest BCUT2D eigenvalue weighted by Gasteiger charge is 2.22. The summed E-state index contributed by atoms with van der Waals surface area (Å²) in [5.41, 5.74) is 17.7. The van der Waals surface area contributed by atoms with Crippen LogP contribution in [0.25, 0.3) is 105 Å². The topological polar surface area (TPSA) is 21.3 Å². The van der Waals surface area contributed by atoms with Gasteiger partial charge in [-0.3, -0.25) is 0 Å². The van der Waals surface area contributed by atoms with E-state index in [-0.39, 0.29) is 0 Å². The number of anilines is 3. The first kappa shape index (κ1) is 38.5. The lowest BCUT2D eigenvalue weighted by molar-refractivity contribution is 0.670. The lowest BCUT2D eigenvalue weighted by atomic mass is 9.90. The lowest BCUT2D eigenvalue weighted by Crippen LogP contribution is -2.11. The summed E-state index contributed by atoms with van der Waals surface area (Å²) in [7, 11) is 0. The molecular formula is C64H42N2O. The second kappa shape index (κ2) is 16.0. The summed E-state index contributed by atoms with van der Waals surface area (Å²) < 4.78 is 9.01. The number of rotatable bonds is 8. The van der Waals surface area contributed by atoms with Gasteiger partial charge in [-0.15, -0.1) is 0 Å². The van der Waals surface area contributed by atoms with E-state index in [1.165, 1.54) is 54.8 Å². The number of hydrogen-bond donors (Lipinski definition) is 0. The number of aromatic nitrogens is 1. The van der Waals surface area contributed by atoms with E-state index < -0.39 is 0 Å². The number of nitrogens with zero attached hydrogens (tertiary/aromatic N) is 2. The summed E-state index contributed by atoms with van der Waals surface area (Å²) >= 11 is 0. The predicted octanol–water partition coefficient (Wildman–Crippen LogP) is 18.0. The van der Waals surface area contributed by atoms with Gasteiger partial charge in [-0.2, -0.15) is 0 Å². The summed E-state index contributed by atoms with van der Waals surface area (Å²) in [6.07, 6.45) is 0. The van der Waals surface area contributed by atoms with Crippen molar-refractivity contribution in [3.63, 3.8) is 0 Å². The van der Waals surface area contributed by atoms with Gasteiger partial charge in [-0.1, -0.05) is 200 Å². The second-order valence-corrected chi connectivity index (χ2v) is 17.2. The first-order chi connectivity index (χ1) is 33.3. The van der Waals surface area contributed by atoms with Gasteiger partial charge in [-0.05, 0) is 93.2 Å².